The Morgan fingerprint density at radius 2 is 2.33 bits per heavy atom. The van der Waals surface area contributed by atoms with E-state index in [4.69, 9.17) is 21.4 Å². The first-order chi connectivity index (χ1) is 9.93. The lowest BCUT2D eigenvalue weighted by Gasteiger charge is -2.25. The van der Waals surface area contributed by atoms with E-state index in [1.54, 1.807) is 0 Å². The minimum atomic E-state index is -1.87. The first-order valence-corrected chi connectivity index (χ1v) is 6.18. The number of H-pyrrole nitrogens is 1. The summed E-state index contributed by atoms with van der Waals surface area (Å²) in [5.41, 5.74) is -1.76. The molecule has 2 heterocycles. The fraction of sp³-hybridized carbons (Fsp3) is 0.545. The summed E-state index contributed by atoms with van der Waals surface area (Å²) < 4.78 is 18.3. The second-order valence-corrected chi connectivity index (χ2v) is 4.87. The Morgan fingerprint density at radius 3 is 2.90 bits per heavy atom. The Morgan fingerprint density at radius 1 is 1.62 bits per heavy atom. The number of aliphatic hydroxyl groups is 2. The van der Waals surface area contributed by atoms with Crippen molar-refractivity contribution < 1.29 is 19.3 Å². The Kier molecular flexibility index (Phi) is 4.43. The van der Waals surface area contributed by atoms with Crippen molar-refractivity contribution >= 4 is 11.6 Å². The second-order valence-electron chi connectivity index (χ2n) is 4.24. The van der Waals surface area contributed by atoms with Gasteiger partial charge >= 0.3 is 11.4 Å². The van der Waals surface area contributed by atoms with E-state index in [-0.39, 0.29) is 0 Å². The van der Waals surface area contributed by atoms with Crippen molar-refractivity contribution in [2.75, 3.05) is 13.3 Å². The molecular weight excluding hydrogens is 309 g/mol. The van der Waals surface area contributed by atoms with Gasteiger partial charge in [0.2, 0.25) is 0 Å². The SMILES string of the molecule is O=c1ncn([C@@H]2O[C@H](CO)C(O)[C@]2(Cl)C#CCF)c(=O)[nH]1. The Balaban J connectivity index is 2.53. The van der Waals surface area contributed by atoms with Crippen LogP contribution in [-0.4, -0.2) is 55.1 Å². The Hall–Kier alpha value is -1.73. The maximum Gasteiger partial charge on any atom is 0.350 e. The third kappa shape index (κ3) is 2.71. The zero-order valence-electron chi connectivity index (χ0n) is 10.5. The van der Waals surface area contributed by atoms with Crippen molar-refractivity contribution in [2.45, 2.75) is 23.3 Å². The van der Waals surface area contributed by atoms with Crippen LogP contribution in [0.15, 0.2) is 15.9 Å². The van der Waals surface area contributed by atoms with E-state index in [0.717, 1.165) is 10.9 Å². The lowest BCUT2D eigenvalue weighted by atomic mass is 9.99. The van der Waals surface area contributed by atoms with Crippen LogP contribution in [0.1, 0.15) is 6.23 Å². The number of ether oxygens (including phenoxy) is 1. The van der Waals surface area contributed by atoms with Gasteiger partial charge in [0.15, 0.2) is 11.1 Å². The van der Waals surface area contributed by atoms with E-state index in [2.05, 4.69) is 16.8 Å². The number of hydrogen-bond acceptors (Lipinski definition) is 6. The summed E-state index contributed by atoms with van der Waals surface area (Å²) >= 11 is 6.18. The van der Waals surface area contributed by atoms with Crippen molar-refractivity contribution in [3.8, 4) is 11.8 Å². The molecule has 0 aliphatic carbocycles. The minimum Gasteiger partial charge on any atom is -0.394 e. The molecule has 1 aromatic heterocycles. The standard InChI is InChI=1S/C11H11ClFN3O5/c12-11(2-1-3-13)7(18)6(4-17)21-8(11)16-5-14-9(19)15-10(16)20/h5-8,17-18H,3-4H2,(H,15,19,20)/t6-,7?,8-,11-/m1/s1. The summed E-state index contributed by atoms with van der Waals surface area (Å²) in [7, 11) is 0. The predicted octanol–water partition coefficient (Wildman–Crippen LogP) is -1.87. The summed E-state index contributed by atoms with van der Waals surface area (Å²) in [4.78, 5) is 26.1. The van der Waals surface area contributed by atoms with Crippen LogP contribution in [0.4, 0.5) is 4.39 Å². The molecule has 1 aliphatic rings. The smallest absolute Gasteiger partial charge is 0.350 e. The molecule has 0 amide bonds. The molecule has 8 nitrogen and oxygen atoms in total. The molecule has 0 bridgehead atoms. The van der Waals surface area contributed by atoms with Crippen LogP contribution in [0.25, 0.3) is 0 Å². The average Bonchev–Trinajstić information content (AvgIpc) is 2.70. The van der Waals surface area contributed by atoms with Crippen molar-refractivity contribution in [3.63, 3.8) is 0 Å². The van der Waals surface area contributed by atoms with Crippen molar-refractivity contribution in [2.24, 2.45) is 0 Å². The molecule has 3 N–H and O–H groups in total. The van der Waals surface area contributed by atoms with Crippen LogP contribution in [0.3, 0.4) is 0 Å². The van der Waals surface area contributed by atoms with Gasteiger partial charge in [-0.25, -0.2) is 14.0 Å². The fourth-order valence-electron chi connectivity index (χ4n) is 1.99. The fourth-order valence-corrected chi connectivity index (χ4v) is 2.36. The molecule has 1 fully saturated rings. The zero-order valence-corrected chi connectivity index (χ0v) is 11.2. The van der Waals surface area contributed by atoms with E-state index in [0.29, 0.717) is 0 Å². The van der Waals surface area contributed by atoms with Crippen LogP contribution in [0.2, 0.25) is 0 Å². The molecule has 1 aliphatic heterocycles. The minimum absolute atomic E-state index is 0.588. The molecule has 0 radical (unpaired) electrons. The maximum absolute atomic E-state index is 12.3. The summed E-state index contributed by atoms with van der Waals surface area (Å²) in [6.07, 6.45) is -3.10. The number of aliphatic hydroxyl groups excluding tert-OH is 2. The molecule has 0 saturated carbocycles. The van der Waals surface area contributed by atoms with Gasteiger partial charge < -0.3 is 14.9 Å². The molecule has 114 valence electrons. The van der Waals surface area contributed by atoms with Gasteiger partial charge in [-0.1, -0.05) is 23.4 Å². The summed E-state index contributed by atoms with van der Waals surface area (Å²) in [6.45, 7) is -1.61. The van der Waals surface area contributed by atoms with Crippen LogP contribution >= 0.6 is 11.6 Å². The predicted molar refractivity (Wildman–Crippen MR) is 68.5 cm³/mol. The summed E-state index contributed by atoms with van der Waals surface area (Å²) in [5.74, 6) is 4.35. The van der Waals surface area contributed by atoms with Crippen LogP contribution in [-0.2, 0) is 4.74 Å². The van der Waals surface area contributed by atoms with Gasteiger partial charge in [-0.05, 0) is 0 Å². The molecule has 0 spiro atoms. The lowest BCUT2D eigenvalue weighted by molar-refractivity contribution is -0.0468. The molecule has 1 saturated heterocycles. The van der Waals surface area contributed by atoms with Gasteiger partial charge in [0.25, 0.3) is 0 Å². The van der Waals surface area contributed by atoms with Crippen molar-refractivity contribution in [3.05, 3.63) is 27.3 Å². The highest BCUT2D eigenvalue weighted by atomic mass is 35.5. The van der Waals surface area contributed by atoms with E-state index < -0.39 is 48.0 Å². The highest BCUT2D eigenvalue weighted by molar-refractivity contribution is 6.27. The largest absolute Gasteiger partial charge is 0.394 e. The molecule has 1 unspecified atom stereocenters. The zero-order chi connectivity index (χ0) is 15.6. The summed E-state index contributed by atoms with van der Waals surface area (Å²) in [5, 5.41) is 19.2. The molecule has 0 aromatic carbocycles. The molecule has 2 rings (SSSR count). The van der Waals surface area contributed by atoms with Gasteiger partial charge in [-0.2, -0.15) is 4.98 Å². The number of halogens is 2. The van der Waals surface area contributed by atoms with E-state index in [1.807, 2.05) is 4.98 Å². The van der Waals surface area contributed by atoms with Crippen LogP contribution in [0, 0.1) is 11.8 Å². The molecule has 21 heavy (non-hydrogen) atoms. The van der Waals surface area contributed by atoms with Gasteiger partial charge in [0, 0.05) is 0 Å². The number of aromatic nitrogens is 3. The highest BCUT2D eigenvalue weighted by Gasteiger charge is 2.55. The quantitative estimate of drug-likeness (QED) is 0.434. The molecule has 10 heteroatoms. The van der Waals surface area contributed by atoms with E-state index in [9.17, 15) is 19.1 Å². The van der Waals surface area contributed by atoms with Gasteiger partial charge in [-0.3, -0.25) is 9.55 Å². The number of nitrogens with one attached hydrogen (secondary N) is 1. The molecule has 1 aromatic rings. The van der Waals surface area contributed by atoms with Crippen LogP contribution in [0.5, 0.6) is 0 Å². The van der Waals surface area contributed by atoms with Crippen molar-refractivity contribution in [1.82, 2.24) is 14.5 Å². The number of aromatic amines is 1. The maximum atomic E-state index is 12.3. The Bertz CT molecular complexity index is 695. The summed E-state index contributed by atoms with van der Waals surface area (Å²) in [6, 6.07) is 0. The van der Waals surface area contributed by atoms with Crippen molar-refractivity contribution in [1.29, 1.82) is 0 Å². The van der Waals surface area contributed by atoms with E-state index in [1.165, 1.54) is 0 Å². The van der Waals surface area contributed by atoms with Crippen LogP contribution < -0.4 is 11.4 Å². The normalized spacial score (nSPS) is 31.7. The number of alkyl halides is 2. The third-order valence-corrected chi connectivity index (χ3v) is 3.48. The lowest BCUT2D eigenvalue weighted by Crippen LogP contribution is -2.44. The molecular formula is C11H11ClFN3O5. The molecule has 4 atom stereocenters. The Labute approximate surface area is 122 Å². The number of rotatable bonds is 2. The van der Waals surface area contributed by atoms with Gasteiger partial charge in [0.05, 0.1) is 6.61 Å². The van der Waals surface area contributed by atoms with E-state index >= 15 is 0 Å². The monoisotopic (exact) mass is 319 g/mol. The first kappa shape index (κ1) is 15.7. The number of nitrogens with zero attached hydrogens (tertiary/aromatic N) is 2. The second kappa shape index (κ2) is 5.95. The highest BCUT2D eigenvalue weighted by Crippen LogP contribution is 2.42. The third-order valence-electron chi connectivity index (χ3n) is 2.97. The van der Waals surface area contributed by atoms with Gasteiger partial charge in [-0.15, -0.1) is 0 Å². The average molecular weight is 320 g/mol. The first-order valence-electron chi connectivity index (χ1n) is 5.80. The topological polar surface area (TPSA) is 117 Å². The number of hydrogen-bond donors (Lipinski definition) is 3. The van der Waals surface area contributed by atoms with Gasteiger partial charge in [0.1, 0.15) is 25.2 Å².